The van der Waals surface area contributed by atoms with Crippen molar-refractivity contribution in [1.82, 2.24) is 4.98 Å². The lowest BCUT2D eigenvalue weighted by Crippen LogP contribution is -2.20. The summed E-state index contributed by atoms with van der Waals surface area (Å²) in [5.74, 6) is 0. The summed E-state index contributed by atoms with van der Waals surface area (Å²) in [6.07, 6.45) is 2.41. The molecule has 0 fully saturated rings. The smallest absolute Gasteiger partial charge is 0.166 e. The van der Waals surface area contributed by atoms with Gasteiger partial charge in [0.2, 0.25) is 0 Å². The highest BCUT2D eigenvalue weighted by Gasteiger charge is 2.33. The predicted octanol–water partition coefficient (Wildman–Crippen LogP) is 3.24. The van der Waals surface area contributed by atoms with Gasteiger partial charge in [-0.15, -0.1) is 0 Å². The van der Waals surface area contributed by atoms with E-state index in [4.69, 9.17) is 0 Å². The summed E-state index contributed by atoms with van der Waals surface area (Å²) in [5.41, 5.74) is 5.85. The Morgan fingerprint density at radius 1 is 1.20 bits per heavy atom. The molecule has 2 heterocycles. The first-order chi connectivity index (χ1) is 9.31. The topological polar surface area (TPSA) is 62.3 Å². The molecule has 1 aromatic heterocycles. The van der Waals surface area contributed by atoms with Crippen LogP contribution in [0, 0.1) is 19.3 Å². The van der Waals surface area contributed by atoms with Gasteiger partial charge in [-0.2, -0.15) is 0 Å². The number of aromatic amines is 1. The molecule has 0 spiro atoms. The summed E-state index contributed by atoms with van der Waals surface area (Å²) in [6.45, 7) is 9.93. The maximum absolute atomic E-state index is 11.1. The van der Waals surface area contributed by atoms with Gasteiger partial charge in [-0.3, -0.25) is 14.6 Å². The highest BCUT2D eigenvalue weighted by atomic mass is 16.1. The van der Waals surface area contributed by atoms with Crippen molar-refractivity contribution in [3.8, 4) is 0 Å². The van der Waals surface area contributed by atoms with E-state index in [1.165, 1.54) is 0 Å². The molecule has 0 bridgehead atoms. The fraction of sp³-hybridized carbons (Fsp3) is 0.438. The van der Waals surface area contributed by atoms with Crippen LogP contribution in [-0.2, 0) is 4.79 Å². The van der Waals surface area contributed by atoms with Crippen molar-refractivity contribution in [2.45, 2.75) is 41.0 Å². The fourth-order valence-electron chi connectivity index (χ4n) is 2.60. The van der Waals surface area contributed by atoms with Gasteiger partial charge in [0.05, 0.1) is 11.4 Å². The SMILES string of the molecule is CC(=C1CC(C)(C)C(C=O)=N1)c1[nH]c(C=O)c(C)c1C. The first kappa shape index (κ1) is 14.4. The number of carbonyl (C=O) groups excluding carboxylic acids is 2. The molecule has 1 aliphatic rings. The van der Waals surface area contributed by atoms with E-state index in [1.54, 1.807) is 0 Å². The van der Waals surface area contributed by atoms with Crippen molar-refractivity contribution >= 4 is 23.9 Å². The van der Waals surface area contributed by atoms with Gasteiger partial charge < -0.3 is 4.98 Å². The van der Waals surface area contributed by atoms with Crippen LogP contribution in [0.25, 0.3) is 5.57 Å². The number of H-pyrrole nitrogens is 1. The molecule has 106 valence electrons. The predicted molar refractivity (Wildman–Crippen MR) is 80.1 cm³/mol. The van der Waals surface area contributed by atoms with E-state index in [9.17, 15) is 9.59 Å². The third kappa shape index (κ3) is 2.15. The van der Waals surface area contributed by atoms with E-state index < -0.39 is 0 Å². The lowest BCUT2D eigenvalue weighted by atomic mass is 9.85. The number of aliphatic imine (C=N–C) groups is 1. The molecule has 2 rings (SSSR count). The lowest BCUT2D eigenvalue weighted by Gasteiger charge is -2.15. The Balaban J connectivity index is 2.55. The number of nitrogens with one attached hydrogen (secondary N) is 1. The van der Waals surface area contributed by atoms with Gasteiger partial charge in [0.25, 0.3) is 0 Å². The number of nitrogens with zero attached hydrogens (tertiary/aromatic N) is 1. The number of aldehydes is 2. The first-order valence-corrected chi connectivity index (χ1v) is 6.70. The summed E-state index contributed by atoms with van der Waals surface area (Å²) >= 11 is 0. The molecule has 0 atom stereocenters. The molecule has 1 aliphatic heterocycles. The molecule has 1 N–H and O–H groups in total. The van der Waals surface area contributed by atoms with Crippen LogP contribution in [0.5, 0.6) is 0 Å². The van der Waals surface area contributed by atoms with Gasteiger partial charge in [0, 0.05) is 23.2 Å². The van der Waals surface area contributed by atoms with E-state index in [-0.39, 0.29) is 5.41 Å². The Morgan fingerprint density at radius 3 is 2.30 bits per heavy atom. The molecular formula is C16H20N2O2. The Morgan fingerprint density at radius 2 is 1.85 bits per heavy atom. The summed E-state index contributed by atoms with van der Waals surface area (Å²) in [7, 11) is 0. The van der Waals surface area contributed by atoms with Crippen molar-refractivity contribution in [3.05, 3.63) is 28.2 Å². The molecule has 0 radical (unpaired) electrons. The maximum atomic E-state index is 11.1. The van der Waals surface area contributed by atoms with Crippen LogP contribution in [0.1, 0.15) is 54.5 Å². The fourth-order valence-corrected chi connectivity index (χ4v) is 2.60. The Labute approximate surface area is 119 Å². The summed E-state index contributed by atoms with van der Waals surface area (Å²) in [4.78, 5) is 29.7. The second-order valence-corrected chi connectivity index (χ2v) is 6.03. The van der Waals surface area contributed by atoms with Crippen molar-refractivity contribution in [2.75, 3.05) is 0 Å². The minimum absolute atomic E-state index is 0.221. The molecule has 0 aliphatic carbocycles. The molecule has 0 amide bonds. The second kappa shape index (κ2) is 4.85. The number of allylic oxidation sites excluding steroid dienone is 2. The molecular weight excluding hydrogens is 252 g/mol. The third-order valence-corrected chi connectivity index (χ3v) is 4.20. The van der Waals surface area contributed by atoms with Crippen LogP contribution < -0.4 is 0 Å². The van der Waals surface area contributed by atoms with Crippen LogP contribution in [-0.4, -0.2) is 23.3 Å². The van der Waals surface area contributed by atoms with Gasteiger partial charge in [-0.25, -0.2) is 0 Å². The number of hydrogen-bond acceptors (Lipinski definition) is 3. The zero-order chi connectivity index (χ0) is 15.1. The monoisotopic (exact) mass is 272 g/mol. The normalized spacial score (nSPS) is 19.8. The Bertz CT molecular complexity index is 646. The summed E-state index contributed by atoms with van der Waals surface area (Å²) < 4.78 is 0. The summed E-state index contributed by atoms with van der Waals surface area (Å²) in [6, 6.07) is 0. The van der Waals surface area contributed by atoms with Crippen LogP contribution in [0.2, 0.25) is 0 Å². The van der Waals surface area contributed by atoms with Gasteiger partial charge in [-0.1, -0.05) is 13.8 Å². The zero-order valence-electron chi connectivity index (χ0n) is 12.6. The van der Waals surface area contributed by atoms with Gasteiger partial charge in [0.15, 0.2) is 12.6 Å². The lowest BCUT2D eigenvalue weighted by molar-refractivity contribution is -0.103. The molecule has 0 unspecified atom stereocenters. The average Bonchev–Trinajstić information content (AvgIpc) is 2.87. The molecule has 4 nitrogen and oxygen atoms in total. The maximum Gasteiger partial charge on any atom is 0.166 e. The molecule has 0 saturated heterocycles. The second-order valence-electron chi connectivity index (χ2n) is 6.03. The standard InChI is InChI=1S/C16H20N2O2/c1-9-10(2)15(18-13(9)7-19)11(3)12-6-16(4,5)14(8-20)17-12/h7-8,18H,6H2,1-5H3. The van der Waals surface area contributed by atoms with Gasteiger partial charge >= 0.3 is 0 Å². The number of carbonyl (C=O) groups is 2. The Kier molecular flexibility index (Phi) is 3.50. The van der Waals surface area contributed by atoms with Crippen LogP contribution in [0.4, 0.5) is 0 Å². The molecule has 0 aromatic carbocycles. The van der Waals surface area contributed by atoms with E-state index in [0.29, 0.717) is 11.4 Å². The van der Waals surface area contributed by atoms with Gasteiger partial charge in [0.1, 0.15) is 0 Å². The Hall–Kier alpha value is -1.97. The largest absolute Gasteiger partial charge is 0.352 e. The van der Waals surface area contributed by atoms with Crippen molar-refractivity contribution in [1.29, 1.82) is 0 Å². The van der Waals surface area contributed by atoms with Crippen molar-refractivity contribution in [2.24, 2.45) is 10.4 Å². The highest BCUT2D eigenvalue weighted by molar-refractivity contribution is 6.31. The molecule has 0 saturated carbocycles. The van der Waals surface area contributed by atoms with Crippen LogP contribution in [0.3, 0.4) is 0 Å². The molecule has 4 heteroatoms. The van der Waals surface area contributed by atoms with E-state index in [2.05, 4.69) is 9.98 Å². The highest BCUT2D eigenvalue weighted by Crippen LogP contribution is 2.38. The third-order valence-electron chi connectivity index (χ3n) is 4.20. The quantitative estimate of drug-likeness (QED) is 0.858. The summed E-state index contributed by atoms with van der Waals surface area (Å²) in [5, 5.41) is 0. The number of aromatic nitrogens is 1. The van der Waals surface area contributed by atoms with Gasteiger partial charge in [-0.05, 0) is 37.5 Å². The number of rotatable bonds is 3. The minimum Gasteiger partial charge on any atom is -0.352 e. The van der Waals surface area contributed by atoms with E-state index >= 15 is 0 Å². The van der Waals surface area contributed by atoms with Crippen LogP contribution >= 0.6 is 0 Å². The average molecular weight is 272 g/mol. The van der Waals surface area contributed by atoms with E-state index in [1.807, 2.05) is 34.6 Å². The first-order valence-electron chi connectivity index (χ1n) is 6.70. The minimum atomic E-state index is -0.221. The van der Waals surface area contributed by atoms with Crippen LogP contribution in [0.15, 0.2) is 10.7 Å². The van der Waals surface area contributed by atoms with E-state index in [0.717, 1.165) is 47.1 Å². The molecule has 1 aromatic rings. The zero-order valence-corrected chi connectivity index (χ0v) is 12.6. The number of hydrogen-bond donors (Lipinski definition) is 1. The van der Waals surface area contributed by atoms with Crippen molar-refractivity contribution in [3.63, 3.8) is 0 Å². The van der Waals surface area contributed by atoms with Crippen molar-refractivity contribution < 1.29 is 9.59 Å². The molecule has 20 heavy (non-hydrogen) atoms.